The highest BCUT2D eigenvalue weighted by atomic mass is 32.2. The van der Waals surface area contributed by atoms with Crippen LogP contribution in [0.2, 0.25) is 0 Å². The van der Waals surface area contributed by atoms with E-state index in [0.29, 0.717) is 17.4 Å². The van der Waals surface area contributed by atoms with Crippen LogP contribution in [0.3, 0.4) is 0 Å². The maximum atomic E-state index is 6.26. The molecule has 0 unspecified atom stereocenters. The molecule has 98 valence electrons. The van der Waals surface area contributed by atoms with Crippen LogP contribution < -0.4 is 0 Å². The first-order valence-corrected chi connectivity index (χ1v) is 7.86. The number of fused-ring (bicyclic) bond motifs is 2. The van der Waals surface area contributed by atoms with Crippen molar-refractivity contribution in [2.75, 3.05) is 5.75 Å². The third-order valence-corrected chi connectivity index (χ3v) is 6.04. The number of hydrogen-bond acceptors (Lipinski definition) is 2. The van der Waals surface area contributed by atoms with E-state index in [0.717, 1.165) is 0 Å². The van der Waals surface area contributed by atoms with Gasteiger partial charge >= 0.3 is 0 Å². The number of thioether (sulfide) groups is 1. The highest BCUT2D eigenvalue weighted by Crippen LogP contribution is 2.58. The van der Waals surface area contributed by atoms with Gasteiger partial charge < -0.3 is 4.74 Å². The molecule has 2 fully saturated rings. The Bertz CT molecular complexity index is 423. The van der Waals surface area contributed by atoms with E-state index in [1.54, 1.807) is 0 Å². The van der Waals surface area contributed by atoms with Crippen LogP contribution in [0.4, 0.5) is 0 Å². The van der Waals surface area contributed by atoms with Crippen molar-refractivity contribution in [3.63, 3.8) is 0 Å². The van der Waals surface area contributed by atoms with Gasteiger partial charge in [-0.1, -0.05) is 32.0 Å². The number of rotatable bonds is 3. The summed E-state index contributed by atoms with van der Waals surface area (Å²) in [6.07, 6.45) is 2.96. The number of ether oxygens (including phenoxy) is 1. The van der Waals surface area contributed by atoms with E-state index in [4.69, 9.17) is 4.74 Å². The van der Waals surface area contributed by atoms with Crippen LogP contribution in [0.25, 0.3) is 0 Å². The first-order valence-electron chi connectivity index (χ1n) is 6.88. The molecule has 18 heavy (non-hydrogen) atoms. The summed E-state index contributed by atoms with van der Waals surface area (Å²) in [5.41, 5.74) is 0.449. The lowest BCUT2D eigenvalue weighted by atomic mass is 9.65. The van der Waals surface area contributed by atoms with Crippen LogP contribution in [0.15, 0.2) is 35.2 Å². The summed E-state index contributed by atoms with van der Waals surface area (Å²) >= 11 is 1.98. The molecule has 2 aliphatic heterocycles. The summed E-state index contributed by atoms with van der Waals surface area (Å²) in [4.78, 5) is 1.37. The largest absolute Gasteiger partial charge is 0.371 e. The molecule has 0 spiro atoms. The van der Waals surface area contributed by atoms with Crippen LogP contribution >= 0.6 is 11.8 Å². The minimum absolute atomic E-state index is 0.121. The Balaban J connectivity index is 1.73. The molecule has 0 saturated carbocycles. The zero-order chi connectivity index (χ0) is 12.8. The van der Waals surface area contributed by atoms with E-state index in [9.17, 15) is 0 Å². The Morgan fingerprint density at radius 3 is 2.56 bits per heavy atom. The van der Waals surface area contributed by atoms with E-state index in [-0.39, 0.29) is 5.60 Å². The second-order valence-electron chi connectivity index (χ2n) is 6.46. The zero-order valence-electron chi connectivity index (χ0n) is 11.5. The molecule has 1 aromatic rings. The van der Waals surface area contributed by atoms with Gasteiger partial charge in [0, 0.05) is 16.6 Å². The van der Waals surface area contributed by atoms with Crippen LogP contribution in [0, 0.1) is 11.3 Å². The molecule has 2 bridgehead atoms. The third-order valence-electron chi connectivity index (χ3n) is 4.94. The van der Waals surface area contributed by atoms with Crippen molar-refractivity contribution in [3.05, 3.63) is 30.3 Å². The predicted molar refractivity (Wildman–Crippen MR) is 76.9 cm³/mol. The average Bonchev–Trinajstić information content (AvgIpc) is 2.81. The lowest BCUT2D eigenvalue weighted by Gasteiger charge is -2.39. The molecule has 0 amide bonds. The van der Waals surface area contributed by atoms with Crippen molar-refractivity contribution in [2.24, 2.45) is 11.3 Å². The standard InChI is InChI=1S/C16H22OS/c1-15(2)13(16(3)10-9-14(15)17-16)11-18-12-7-5-4-6-8-12/h4-8,13-14H,9-11H2,1-3H3/t13-,14-,16+/m0/s1. The second kappa shape index (κ2) is 4.28. The van der Waals surface area contributed by atoms with Crippen molar-refractivity contribution >= 4 is 11.8 Å². The van der Waals surface area contributed by atoms with E-state index in [1.807, 2.05) is 11.8 Å². The first kappa shape index (κ1) is 12.6. The molecule has 2 heteroatoms. The first-order chi connectivity index (χ1) is 8.52. The van der Waals surface area contributed by atoms with Crippen molar-refractivity contribution in [1.82, 2.24) is 0 Å². The number of hydrogen-bond donors (Lipinski definition) is 0. The third kappa shape index (κ3) is 1.90. The summed E-state index contributed by atoms with van der Waals surface area (Å²) in [6.45, 7) is 7.09. The Labute approximate surface area is 114 Å². The van der Waals surface area contributed by atoms with E-state index >= 15 is 0 Å². The molecular weight excluding hydrogens is 240 g/mol. The van der Waals surface area contributed by atoms with Gasteiger partial charge in [-0.05, 0) is 37.3 Å². The highest BCUT2D eigenvalue weighted by Gasteiger charge is 2.60. The van der Waals surface area contributed by atoms with E-state index in [1.165, 1.54) is 23.5 Å². The quantitative estimate of drug-likeness (QED) is 0.748. The van der Waals surface area contributed by atoms with Gasteiger partial charge in [-0.3, -0.25) is 0 Å². The van der Waals surface area contributed by atoms with Crippen molar-refractivity contribution in [3.8, 4) is 0 Å². The summed E-state index contributed by atoms with van der Waals surface area (Å²) in [5.74, 6) is 1.83. The maximum Gasteiger partial charge on any atom is 0.0701 e. The highest BCUT2D eigenvalue weighted by molar-refractivity contribution is 7.99. The van der Waals surface area contributed by atoms with E-state index < -0.39 is 0 Å². The molecule has 2 heterocycles. The normalized spacial score (nSPS) is 37.1. The fraction of sp³-hybridized carbons (Fsp3) is 0.625. The fourth-order valence-electron chi connectivity index (χ4n) is 3.74. The van der Waals surface area contributed by atoms with Gasteiger partial charge in [0.15, 0.2) is 0 Å². The number of benzene rings is 1. The van der Waals surface area contributed by atoms with Crippen molar-refractivity contribution < 1.29 is 4.74 Å². The topological polar surface area (TPSA) is 9.23 Å². The molecule has 0 aliphatic carbocycles. The lowest BCUT2D eigenvalue weighted by Crippen LogP contribution is -2.42. The van der Waals surface area contributed by atoms with Crippen LogP contribution in [0.5, 0.6) is 0 Å². The zero-order valence-corrected chi connectivity index (χ0v) is 12.3. The van der Waals surface area contributed by atoms with Crippen LogP contribution in [-0.2, 0) is 4.74 Å². The molecule has 1 aromatic carbocycles. The molecule has 2 saturated heterocycles. The van der Waals surface area contributed by atoms with Gasteiger partial charge in [-0.15, -0.1) is 11.8 Å². The maximum absolute atomic E-state index is 6.26. The monoisotopic (exact) mass is 262 g/mol. The van der Waals surface area contributed by atoms with Crippen molar-refractivity contribution in [1.29, 1.82) is 0 Å². The van der Waals surface area contributed by atoms with Gasteiger partial charge in [-0.2, -0.15) is 0 Å². The summed E-state index contributed by atoms with van der Waals surface area (Å²) in [6, 6.07) is 10.7. The minimum atomic E-state index is 0.121. The summed E-state index contributed by atoms with van der Waals surface area (Å²) in [7, 11) is 0. The van der Waals surface area contributed by atoms with Gasteiger partial charge in [0.1, 0.15) is 0 Å². The van der Waals surface area contributed by atoms with Gasteiger partial charge in [0.25, 0.3) is 0 Å². The van der Waals surface area contributed by atoms with E-state index in [2.05, 4.69) is 51.1 Å². The Kier molecular flexibility index (Phi) is 2.98. The molecule has 0 N–H and O–H groups in total. The molecule has 3 rings (SSSR count). The fourth-order valence-corrected chi connectivity index (χ4v) is 5.23. The summed E-state index contributed by atoms with van der Waals surface area (Å²) < 4.78 is 6.26. The smallest absolute Gasteiger partial charge is 0.0701 e. The second-order valence-corrected chi connectivity index (χ2v) is 7.55. The minimum Gasteiger partial charge on any atom is -0.371 e. The molecule has 3 atom stereocenters. The predicted octanol–water partition coefficient (Wildman–Crippen LogP) is 4.37. The Morgan fingerprint density at radius 2 is 1.94 bits per heavy atom. The van der Waals surface area contributed by atoms with Gasteiger partial charge in [-0.25, -0.2) is 0 Å². The Hall–Kier alpha value is -0.470. The van der Waals surface area contributed by atoms with Crippen LogP contribution in [-0.4, -0.2) is 17.5 Å². The molecule has 1 nitrogen and oxygen atoms in total. The molecule has 0 radical (unpaired) electrons. The molecule has 2 aliphatic rings. The van der Waals surface area contributed by atoms with Gasteiger partial charge in [0.2, 0.25) is 0 Å². The molecular formula is C16H22OS. The average molecular weight is 262 g/mol. The summed E-state index contributed by atoms with van der Waals surface area (Å²) in [5, 5.41) is 0. The molecule has 0 aromatic heterocycles. The van der Waals surface area contributed by atoms with Crippen LogP contribution in [0.1, 0.15) is 33.6 Å². The lowest BCUT2D eigenvalue weighted by molar-refractivity contribution is 0.00918. The Morgan fingerprint density at radius 1 is 1.22 bits per heavy atom. The van der Waals surface area contributed by atoms with Crippen molar-refractivity contribution in [2.45, 2.75) is 50.2 Å². The SMILES string of the molecule is CC1(C)[C@@H]2CC[C@@](C)(O2)[C@H]1CSc1ccccc1. The van der Waals surface area contributed by atoms with Gasteiger partial charge in [0.05, 0.1) is 11.7 Å².